The van der Waals surface area contributed by atoms with E-state index in [4.69, 9.17) is 9.47 Å². The second kappa shape index (κ2) is 7.71. The highest BCUT2D eigenvalue weighted by atomic mass is 19.1. The number of amides is 1. The first-order valence-electron chi connectivity index (χ1n) is 9.26. The van der Waals surface area contributed by atoms with Gasteiger partial charge in [-0.15, -0.1) is 0 Å². The summed E-state index contributed by atoms with van der Waals surface area (Å²) in [6, 6.07) is 8.02. The van der Waals surface area contributed by atoms with Crippen LogP contribution < -0.4 is 9.64 Å². The Morgan fingerprint density at radius 3 is 2.86 bits per heavy atom. The van der Waals surface area contributed by atoms with Crippen LogP contribution in [-0.4, -0.2) is 61.2 Å². The molecule has 1 aromatic carbocycles. The number of anilines is 1. The largest absolute Gasteiger partial charge is 0.481 e. The number of hydrogen-bond donors (Lipinski definition) is 0. The van der Waals surface area contributed by atoms with Crippen molar-refractivity contribution in [2.75, 3.05) is 45.4 Å². The van der Waals surface area contributed by atoms with Gasteiger partial charge in [-0.25, -0.2) is 9.37 Å². The van der Waals surface area contributed by atoms with Crippen LogP contribution in [0, 0.1) is 17.7 Å². The fourth-order valence-corrected chi connectivity index (χ4v) is 4.39. The summed E-state index contributed by atoms with van der Waals surface area (Å²) in [5.74, 6) is 1.17. The predicted octanol–water partition coefficient (Wildman–Crippen LogP) is 1.91. The molecule has 0 bridgehead atoms. The van der Waals surface area contributed by atoms with Gasteiger partial charge in [0.25, 0.3) is 0 Å². The van der Waals surface area contributed by atoms with Crippen LogP contribution in [0.1, 0.15) is 11.6 Å². The molecular weight excluding hydrogens is 363 g/mol. The van der Waals surface area contributed by atoms with Gasteiger partial charge in [-0.1, -0.05) is 12.1 Å². The van der Waals surface area contributed by atoms with E-state index >= 15 is 0 Å². The van der Waals surface area contributed by atoms with Crippen molar-refractivity contribution in [2.24, 2.45) is 11.8 Å². The Balaban J connectivity index is 1.62. The third-order valence-corrected chi connectivity index (χ3v) is 5.55. The number of rotatable bonds is 5. The Morgan fingerprint density at radius 1 is 1.25 bits per heavy atom. The number of carbonyl (C=O) groups is 1. The molecule has 2 fully saturated rings. The minimum absolute atomic E-state index is 0.0218. The van der Waals surface area contributed by atoms with Gasteiger partial charge in [-0.05, 0) is 17.7 Å². The van der Waals surface area contributed by atoms with E-state index < -0.39 is 0 Å². The second-order valence-electron chi connectivity index (χ2n) is 7.21. The molecule has 2 aromatic rings. The molecule has 2 saturated heterocycles. The van der Waals surface area contributed by atoms with Crippen molar-refractivity contribution in [2.45, 2.75) is 6.04 Å². The van der Waals surface area contributed by atoms with Crippen molar-refractivity contribution in [3.63, 3.8) is 0 Å². The van der Waals surface area contributed by atoms with Crippen molar-refractivity contribution in [1.82, 2.24) is 14.9 Å². The molecule has 8 heteroatoms. The van der Waals surface area contributed by atoms with E-state index in [0.717, 1.165) is 12.1 Å². The molecule has 3 atom stereocenters. The SMILES string of the molecule is COCC(=O)N1C[C@H]2CN(c3nccc(OC)n3)C[C@H]2[C@@H]1c1cccc(F)c1. The number of fused-ring (bicyclic) bond motifs is 1. The molecule has 1 aromatic heterocycles. The van der Waals surface area contributed by atoms with E-state index in [9.17, 15) is 9.18 Å². The molecule has 0 aliphatic carbocycles. The summed E-state index contributed by atoms with van der Waals surface area (Å²) < 4.78 is 24.1. The van der Waals surface area contributed by atoms with E-state index in [1.165, 1.54) is 19.2 Å². The summed E-state index contributed by atoms with van der Waals surface area (Å²) >= 11 is 0. The standard InChI is InChI=1S/C20H23FN4O3/c1-27-12-18(26)25-10-14-9-24(20-22-7-6-17(23-20)28-2)11-16(14)19(25)13-4-3-5-15(21)8-13/h3-8,14,16,19H,9-12H2,1-2H3/t14-,16-,19+/m1/s1. The summed E-state index contributed by atoms with van der Waals surface area (Å²) in [4.78, 5) is 25.4. The molecule has 3 heterocycles. The monoisotopic (exact) mass is 386 g/mol. The van der Waals surface area contributed by atoms with Crippen LogP contribution >= 0.6 is 0 Å². The van der Waals surface area contributed by atoms with Gasteiger partial charge in [0.2, 0.25) is 17.7 Å². The molecule has 148 valence electrons. The van der Waals surface area contributed by atoms with Gasteiger partial charge in [0.05, 0.1) is 13.2 Å². The summed E-state index contributed by atoms with van der Waals surface area (Å²) in [6.07, 6.45) is 1.67. The lowest BCUT2D eigenvalue weighted by Crippen LogP contribution is -2.37. The third kappa shape index (κ3) is 3.40. The lowest BCUT2D eigenvalue weighted by atomic mass is 9.89. The molecule has 0 radical (unpaired) electrons. The topological polar surface area (TPSA) is 67.8 Å². The Morgan fingerprint density at radius 2 is 2.11 bits per heavy atom. The number of aromatic nitrogens is 2. The summed E-state index contributed by atoms with van der Waals surface area (Å²) in [5, 5.41) is 0. The summed E-state index contributed by atoms with van der Waals surface area (Å²) in [6.45, 7) is 2.05. The lowest BCUT2D eigenvalue weighted by molar-refractivity contribution is -0.136. The molecule has 28 heavy (non-hydrogen) atoms. The minimum Gasteiger partial charge on any atom is -0.481 e. The zero-order valence-electron chi connectivity index (χ0n) is 15.9. The highest BCUT2D eigenvalue weighted by Crippen LogP contribution is 2.45. The Bertz CT molecular complexity index is 865. The number of halogens is 1. The average Bonchev–Trinajstić information content (AvgIpc) is 3.26. The van der Waals surface area contributed by atoms with Crippen LogP contribution in [-0.2, 0) is 9.53 Å². The maximum absolute atomic E-state index is 13.9. The van der Waals surface area contributed by atoms with E-state index in [0.29, 0.717) is 24.9 Å². The Labute approximate surface area is 163 Å². The molecule has 0 spiro atoms. The van der Waals surface area contributed by atoms with E-state index in [1.54, 1.807) is 25.4 Å². The molecule has 4 rings (SSSR count). The van der Waals surface area contributed by atoms with Crippen molar-refractivity contribution in [1.29, 1.82) is 0 Å². The van der Waals surface area contributed by atoms with Crippen molar-refractivity contribution in [3.05, 3.63) is 47.9 Å². The number of hydrogen-bond acceptors (Lipinski definition) is 6. The van der Waals surface area contributed by atoms with Gasteiger partial charge in [-0.3, -0.25) is 4.79 Å². The van der Waals surface area contributed by atoms with Crippen molar-refractivity contribution in [3.8, 4) is 5.88 Å². The first-order chi connectivity index (χ1) is 13.6. The predicted molar refractivity (Wildman–Crippen MR) is 101 cm³/mol. The van der Waals surface area contributed by atoms with E-state index in [1.807, 2.05) is 11.0 Å². The quantitative estimate of drug-likeness (QED) is 0.782. The van der Waals surface area contributed by atoms with Crippen molar-refractivity contribution >= 4 is 11.9 Å². The van der Waals surface area contributed by atoms with Gasteiger partial charge >= 0.3 is 0 Å². The smallest absolute Gasteiger partial charge is 0.249 e. The third-order valence-electron chi connectivity index (χ3n) is 5.55. The lowest BCUT2D eigenvalue weighted by Gasteiger charge is -2.30. The van der Waals surface area contributed by atoms with Crippen LogP contribution in [0.4, 0.5) is 10.3 Å². The zero-order chi connectivity index (χ0) is 19.7. The van der Waals surface area contributed by atoms with Crippen LogP contribution in [0.5, 0.6) is 5.88 Å². The van der Waals surface area contributed by atoms with Crippen LogP contribution in [0.15, 0.2) is 36.5 Å². The molecule has 2 aliphatic rings. The fourth-order valence-electron chi connectivity index (χ4n) is 4.39. The maximum Gasteiger partial charge on any atom is 0.249 e. The normalized spacial score (nSPS) is 23.8. The molecular formula is C20H23FN4O3. The highest BCUT2D eigenvalue weighted by molar-refractivity contribution is 5.78. The second-order valence-corrected chi connectivity index (χ2v) is 7.21. The average molecular weight is 386 g/mol. The molecule has 0 unspecified atom stereocenters. The summed E-state index contributed by atoms with van der Waals surface area (Å²) in [7, 11) is 3.08. The van der Waals surface area contributed by atoms with Crippen molar-refractivity contribution < 1.29 is 18.7 Å². The van der Waals surface area contributed by atoms with E-state index in [2.05, 4.69) is 14.9 Å². The van der Waals surface area contributed by atoms with Crippen LogP contribution in [0.3, 0.4) is 0 Å². The molecule has 7 nitrogen and oxygen atoms in total. The highest BCUT2D eigenvalue weighted by Gasteiger charge is 2.49. The van der Waals surface area contributed by atoms with Crippen LogP contribution in [0.2, 0.25) is 0 Å². The molecule has 2 aliphatic heterocycles. The van der Waals surface area contributed by atoms with Gasteiger partial charge in [-0.2, -0.15) is 4.98 Å². The first kappa shape index (κ1) is 18.6. The fraction of sp³-hybridized carbons (Fsp3) is 0.450. The Hall–Kier alpha value is -2.74. The van der Waals surface area contributed by atoms with Gasteiger partial charge in [0.15, 0.2) is 0 Å². The minimum atomic E-state index is -0.300. The number of benzene rings is 1. The number of carbonyl (C=O) groups excluding carboxylic acids is 1. The molecule has 0 N–H and O–H groups in total. The van der Waals surface area contributed by atoms with Crippen LogP contribution in [0.25, 0.3) is 0 Å². The van der Waals surface area contributed by atoms with Gasteiger partial charge in [0, 0.05) is 50.8 Å². The molecule has 0 saturated carbocycles. The zero-order valence-corrected chi connectivity index (χ0v) is 15.9. The first-order valence-corrected chi connectivity index (χ1v) is 9.26. The number of ether oxygens (including phenoxy) is 2. The summed E-state index contributed by atoms with van der Waals surface area (Å²) in [5.41, 5.74) is 0.811. The number of likely N-dealkylation sites (tertiary alicyclic amines) is 1. The van der Waals surface area contributed by atoms with Gasteiger partial charge in [0.1, 0.15) is 12.4 Å². The van der Waals surface area contributed by atoms with Gasteiger partial charge < -0.3 is 19.3 Å². The number of methoxy groups -OCH3 is 2. The number of nitrogens with zero attached hydrogens (tertiary/aromatic N) is 4. The maximum atomic E-state index is 13.9. The molecule has 1 amide bonds. The van der Waals surface area contributed by atoms with E-state index in [-0.39, 0.29) is 36.2 Å². The Kier molecular flexibility index (Phi) is 5.13.